The Labute approximate surface area is 185 Å². The van der Waals surface area contributed by atoms with Crippen LogP contribution in [0.3, 0.4) is 0 Å². The van der Waals surface area contributed by atoms with Gasteiger partial charge >= 0.3 is 0 Å². The van der Waals surface area contributed by atoms with Crippen LogP contribution < -0.4 is 15.8 Å². The second-order valence-electron chi connectivity index (χ2n) is 7.19. The number of rotatable bonds is 6. The van der Waals surface area contributed by atoms with Gasteiger partial charge in [-0.3, -0.25) is 4.79 Å². The molecule has 172 valence electrons. The van der Waals surface area contributed by atoms with Gasteiger partial charge in [0.15, 0.2) is 0 Å². The van der Waals surface area contributed by atoms with E-state index in [1.807, 2.05) is 0 Å². The third kappa shape index (κ3) is 3.86. The zero-order valence-electron chi connectivity index (χ0n) is 17.7. The lowest BCUT2D eigenvalue weighted by Crippen LogP contribution is -2.58. The number of methoxy groups -OCH3 is 1. The van der Waals surface area contributed by atoms with Crippen molar-refractivity contribution in [3.8, 4) is 5.75 Å². The number of carbonyl (C=O) groups is 1. The first-order chi connectivity index (χ1) is 15.1. The van der Waals surface area contributed by atoms with Crippen LogP contribution in [0.1, 0.15) is 29.4 Å². The number of benzene rings is 1. The highest BCUT2D eigenvalue weighted by Gasteiger charge is 2.53. The number of pyridine rings is 1. The van der Waals surface area contributed by atoms with Crippen LogP contribution in [0.15, 0.2) is 41.5 Å². The number of amides is 1. The van der Waals surface area contributed by atoms with Gasteiger partial charge in [0.25, 0.3) is 5.91 Å². The molecule has 2 atom stereocenters. The maximum absolute atomic E-state index is 14.9. The van der Waals surface area contributed by atoms with Gasteiger partial charge in [-0.2, -0.15) is 0 Å². The van der Waals surface area contributed by atoms with Crippen molar-refractivity contribution in [2.75, 3.05) is 26.1 Å². The molecular weight excluding hydrogens is 441 g/mol. The number of aliphatic hydroxyl groups is 1. The van der Waals surface area contributed by atoms with E-state index in [9.17, 15) is 22.7 Å². The van der Waals surface area contributed by atoms with Crippen LogP contribution >= 0.6 is 0 Å². The molecule has 0 saturated carbocycles. The minimum absolute atomic E-state index is 0.0375. The molecule has 0 radical (unpaired) electrons. The number of guanidine groups is 1. The number of anilines is 1. The van der Waals surface area contributed by atoms with Crippen LogP contribution in [0.4, 0.5) is 10.1 Å². The standard InChI is InChI=1S/C20H24FN5O5S/c1-4-17-20(11-27,25-19(22)26(2)32(17,29)30)14-9-12(5-7-15(14)21)24-18(28)16-8-6-13(31-3)10-23-16/h5-10,17,27H,4,11H2,1-3H3,(H2,22,25)(H,24,28). The van der Waals surface area contributed by atoms with Crippen LogP contribution in [0.5, 0.6) is 5.75 Å². The third-order valence-corrected chi connectivity index (χ3v) is 7.81. The van der Waals surface area contributed by atoms with Crippen molar-refractivity contribution >= 4 is 27.6 Å². The van der Waals surface area contributed by atoms with Gasteiger partial charge in [0.1, 0.15) is 28.0 Å². The summed E-state index contributed by atoms with van der Waals surface area (Å²) >= 11 is 0. The maximum atomic E-state index is 14.9. The highest BCUT2D eigenvalue weighted by Crippen LogP contribution is 2.41. The summed E-state index contributed by atoms with van der Waals surface area (Å²) in [6, 6.07) is 6.63. The Balaban J connectivity index is 2.05. The lowest BCUT2D eigenvalue weighted by molar-refractivity contribution is 0.102. The first-order valence-electron chi connectivity index (χ1n) is 9.66. The molecule has 1 aliphatic heterocycles. The zero-order chi connectivity index (χ0) is 23.7. The molecule has 32 heavy (non-hydrogen) atoms. The first kappa shape index (κ1) is 23.4. The Hall–Kier alpha value is -3.25. The Morgan fingerprint density at radius 3 is 2.66 bits per heavy atom. The fourth-order valence-electron chi connectivity index (χ4n) is 3.68. The van der Waals surface area contributed by atoms with Gasteiger partial charge in [-0.1, -0.05) is 6.92 Å². The van der Waals surface area contributed by atoms with Crippen LogP contribution in [-0.2, 0) is 15.6 Å². The first-order valence-corrected chi connectivity index (χ1v) is 11.2. The second kappa shape index (κ2) is 8.71. The Morgan fingerprint density at radius 1 is 1.38 bits per heavy atom. The molecule has 1 amide bonds. The maximum Gasteiger partial charge on any atom is 0.274 e. The number of hydrogen-bond donors (Lipinski definition) is 3. The molecule has 10 nitrogen and oxygen atoms in total. The van der Waals surface area contributed by atoms with Gasteiger partial charge in [-0.05, 0) is 36.8 Å². The molecule has 0 aliphatic carbocycles. The molecule has 2 aromatic rings. The van der Waals surface area contributed by atoms with Crippen LogP contribution in [0, 0.1) is 5.82 Å². The smallest absolute Gasteiger partial charge is 0.274 e. The van der Waals surface area contributed by atoms with E-state index in [1.165, 1.54) is 38.6 Å². The summed E-state index contributed by atoms with van der Waals surface area (Å²) in [7, 11) is -1.32. The summed E-state index contributed by atoms with van der Waals surface area (Å²) in [5, 5.41) is 11.5. The van der Waals surface area contributed by atoms with Crippen molar-refractivity contribution < 1.29 is 27.4 Å². The number of ether oxygens (including phenoxy) is 1. The third-order valence-electron chi connectivity index (χ3n) is 5.42. The predicted octanol–water partition coefficient (Wildman–Crippen LogP) is 1.04. The second-order valence-corrected chi connectivity index (χ2v) is 9.34. The number of aliphatic hydroxyl groups excluding tert-OH is 1. The Morgan fingerprint density at radius 2 is 2.09 bits per heavy atom. The zero-order valence-corrected chi connectivity index (χ0v) is 18.6. The molecule has 1 aromatic carbocycles. The molecule has 0 bridgehead atoms. The van der Waals surface area contributed by atoms with Gasteiger partial charge in [-0.25, -0.2) is 27.1 Å². The summed E-state index contributed by atoms with van der Waals surface area (Å²) < 4.78 is 46.7. The molecule has 2 unspecified atom stereocenters. The van der Waals surface area contributed by atoms with E-state index in [2.05, 4.69) is 15.3 Å². The summed E-state index contributed by atoms with van der Waals surface area (Å²) in [6.07, 6.45) is 1.41. The fourth-order valence-corrected chi connectivity index (χ4v) is 5.54. The van der Waals surface area contributed by atoms with Crippen molar-refractivity contribution in [3.63, 3.8) is 0 Å². The number of sulfonamides is 1. The Bertz CT molecular complexity index is 1160. The highest BCUT2D eigenvalue weighted by molar-refractivity contribution is 7.90. The molecular formula is C20H24FN5O5S. The van der Waals surface area contributed by atoms with Gasteiger partial charge in [-0.15, -0.1) is 0 Å². The van der Waals surface area contributed by atoms with Gasteiger partial charge in [0.05, 0.1) is 19.9 Å². The molecule has 0 saturated heterocycles. The van der Waals surface area contributed by atoms with Crippen molar-refractivity contribution in [2.45, 2.75) is 24.1 Å². The molecule has 4 N–H and O–H groups in total. The fraction of sp³-hybridized carbons (Fsp3) is 0.350. The SMILES string of the molecule is CCC1C(CO)(c2cc(NC(=O)c3ccc(OC)cn3)ccc2F)N=C(N)N(C)S1(=O)=O. The topological polar surface area (TPSA) is 147 Å². The Kier molecular flexibility index (Phi) is 6.37. The van der Waals surface area contributed by atoms with E-state index < -0.39 is 39.1 Å². The van der Waals surface area contributed by atoms with E-state index in [0.29, 0.717) is 5.75 Å². The predicted molar refractivity (Wildman–Crippen MR) is 116 cm³/mol. The van der Waals surface area contributed by atoms with Crippen molar-refractivity contribution in [1.29, 1.82) is 0 Å². The summed E-state index contributed by atoms with van der Waals surface area (Å²) in [5.74, 6) is -1.27. The molecule has 1 aromatic heterocycles. The molecule has 0 spiro atoms. The average molecular weight is 466 g/mol. The summed E-state index contributed by atoms with van der Waals surface area (Å²) in [6.45, 7) is 0.782. The van der Waals surface area contributed by atoms with Gasteiger partial charge in [0, 0.05) is 18.3 Å². The van der Waals surface area contributed by atoms with E-state index in [0.717, 1.165) is 10.4 Å². The quantitative estimate of drug-likeness (QED) is 0.577. The molecule has 1 aliphatic rings. The number of nitrogens with two attached hydrogens (primary N) is 1. The van der Waals surface area contributed by atoms with E-state index >= 15 is 0 Å². The number of aliphatic imine (C=N–C) groups is 1. The molecule has 3 rings (SSSR count). The summed E-state index contributed by atoms with van der Waals surface area (Å²) in [5.41, 5.74) is 3.97. The minimum atomic E-state index is -4.03. The van der Waals surface area contributed by atoms with Gasteiger partial charge in [0.2, 0.25) is 16.0 Å². The lowest BCUT2D eigenvalue weighted by Gasteiger charge is -2.42. The number of halogens is 1. The monoisotopic (exact) mass is 465 g/mol. The number of aromatic nitrogens is 1. The van der Waals surface area contributed by atoms with Crippen molar-refractivity contribution in [1.82, 2.24) is 9.29 Å². The van der Waals surface area contributed by atoms with E-state index in [-0.39, 0.29) is 29.3 Å². The highest BCUT2D eigenvalue weighted by atomic mass is 32.2. The number of hydrogen-bond acceptors (Lipinski definition) is 8. The van der Waals surface area contributed by atoms with Crippen LogP contribution in [-0.4, -0.2) is 60.7 Å². The average Bonchev–Trinajstić information content (AvgIpc) is 2.78. The van der Waals surface area contributed by atoms with Crippen molar-refractivity contribution in [2.24, 2.45) is 10.7 Å². The lowest BCUT2D eigenvalue weighted by atomic mass is 9.85. The van der Waals surface area contributed by atoms with Crippen LogP contribution in [0.25, 0.3) is 0 Å². The molecule has 2 heterocycles. The van der Waals surface area contributed by atoms with E-state index in [1.54, 1.807) is 13.0 Å². The number of carbonyl (C=O) groups excluding carboxylic acids is 1. The number of nitrogens with one attached hydrogen (secondary N) is 1. The van der Waals surface area contributed by atoms with Crippen LogP contribution in [0.2, 0.25) is 0 Å². The molecule has 12 heteroatoms. The molecule has 0 fully saturated rings. The summed E-state index contributed by atoms with van der Waals surface area (Å²) in [4.78, 5) is 20.7. The normalized spacial score (nSPS) is 22.2. The number of nitrogens with zero attached hydrogens (tertiary/aromatic N) is 3. The minimum Gasteiger partial charge on any atom is -0.495 e. The largest absolute Gasteiger partial charge is 0.495 e. The van der Waals surface area contributed by atoms with Crippen molar-refractivity contribution in [3.05, 3.63) is 53.6 Å². The van der Waals surface area contributed by atoms with E-state index in [4.69, 9.17) is 10.5 Å². The van der Waals surface area contributed by atoms with Gasteiger partial charge < -0.3 is 20.9 Å².